The van der Waals surface area contributed by atoms with E-state index in [2.05, 4.69) is 36.5 Å². The summed E-state index contributed by atoms with van der Waals surface area (Å²) in [5.41, 5.74) is 2.58. The van der Waals surface area contributed by atoms with Gasteiger partial charge in [-0.2, -0.15) is 0 Å². The zero-order chi connectivity index (χ0) is 10.5. The van der Waals surface area contributed by atoms with Crippen LogP contribution in [-0.4, -0.2) is 19.3 Å². The highest BCUT2D eigenvalue weighted by Crippen LogP contribution is 2.14. The molecule has 1 aliphatic heterocycles. The third-order valence-electron chi connectivity index (χ3n) is 2.92. The Morgan fingerprint density at radius 2 is 2.13 bits per heavy atom. The molecule has 15 heavy (non-hydrogen) atoms. The predicted octanol–water partition coefficient (Wildman–Crippen LogP) is 2.84. The van der Waals surface area contributed by atoms with E-state index in [4.69, 9.17) is 4.74 Å². The lowest BCUT2D eigenvalue weighted by atomic mass is 10.1. The third-order valence-corrected chi connectivity index (χ3v) is 2.92. The summed E-state index contributed by atoms with van der Waals surface area (Å²) in [6, 6.07) is 8.65. The molecule has 0 unspecified atom stereocenters. The number of benzene rings is 1. The van der Waals surface area contributed by atoms with Crippen LogP contribution in [-0.2, 0) is 11.2 Å². The van der Waals surface area contributed by atoms with Crippen LogP contribution in [0.2, 0.25) is 0 Å². The van der Waals surface area contributed by atoms with E-state index in [1.807, 2.05) is 0 Å². The lowest BCUT2D eigenvalue weighted by Crippen LogP contribution is -2.18. The second-order valence-corrected chi connectivity index (χ2v) is 4.07. The zero-order valence-electron chi connectivity index (χ0n) is 9.33. The Morgan fingerprint density at radius 1 is 1.33 bits per heavy atom. The number of hydrogen-bond acceptors (Lipinski definition) is 2. The topological polar surface area (TPSA) is 21.3 Å². The van der Waals surface area contributed by atoms with Crippen molar-refractivity contribution in [1.82, 2.24) is 0 Å². The molecule has 0 bridgehead atoms. The maximum absolute atomic E-state index is 5.56. The first-order chi connectivity index (χ1) is 7.38. The molecular formula is C13H19NO. The second-order valence-electron chi connectivity index (χ2n) is 4.07. The van der Waals surface area contributed by atoms with E-state index in [9.17, 15) is 0 Å². The smallest absolute Gasteiger partial charge is 0.0748 e. The number of nitrogens with one attached hydrogen (secondary N) is 1. The van der Waals surface area contributed by atoms with E-state index in [1.54, 1.807) is 0 Å². The van der Waals surface area contributed by atoms with Gasteiger partial charge in [0.1, 0.15) is 0 Å². The van der Waals surface area contributed by atoms with E-state index >= 15 is 0 Å². The molecule has 1 atom stereocenters. The predicted molar refractivity (Wildman–Crippen MR) is 63.3 cm³/mol. The van der Waals surface area contributed by atoms with Crippen molar-refractivity contribution in [2.75, 3.05) is 18.5 Å². The lowest BCUT2D eigenvalue weighted by Gasteiger charge is -2.12. The molecular weight excluding hydrogens is 186 g/mol. The number of rotatable bonds is 4. The Labute approximate surface area is 91.6 Å². The van der Waals surface area contributed by atoms with Crippen LogP contribution in [0.3, 0.4) is 0 Å². The monoisotopic (exact) mass is 205 g/mol. The standard InChI is InChI=1S/C13H19NO/c1-2-11-5-7-12(8-6-11)14-10-13-4-3-9-15-13/h5-8,13-14H,2-4,9-10H2,1H3/t13-/m0/s1. The fourth-order valence-corrected chi connectivity index (χ4v) is 1.90. The molecule has 0 aliphatic carbocycles. The van der Waals surface area contributed by atoms with E-state index in [0.717, 1.165) is 19.6 Å². The summed E-state index contributed by atoms with van der Waals surface area (Å²) in [7, 11) is 0. The minimum Gasteiger partial charge on any atom is -0.382 e. The van der Waals surface area contributed by atoms with Crippen LogP contribution < -0.4 is 5.32 Å². The van der Waals surface area contributed by atoms with Crippen LogP contribution in [0.1, 0.15) is 25.3 Å². The average molecular weight is 205 g/mol. The van der Waals surface area contributed by atoms with Crippen LogP contribution in [0.25, 0.3) is 0 Å². The summed E-state index contributed by atoms with van der Waals surface area (Å²) in [5, 5.41) is 3.41. The zero-order valence-corrected chi connectivity index (χ0v) is 9.33. The van der Waals surface area contributed by atoms with Crippen molar-refractivity contribution in [2.45, 2.75) is 32.3 Å². The molecule has 0 aromatic heterocycles. The van der Waals surface area contributed by atoms with Crippen LogP contribution in [0.5, 0.6) is 0 Å². The van der Waals surface area contributed by atoms with Crippen molar-refractivity contribution < 1.29 is 4.74 Å². The molecule has 1 aromatic carbocycles. The Hall–Kier alpha value is -1.02. The molecule has 2 nitrogen and oxygen atoms in total. The van der Waals surface area contributed by atoms with E-state index in [-0.39, 0.29) is 0 Å². The van der Waals surface area contributed by atoms with Crippen LogP contribution in [0.15, 0.2) is 24.3 Å². The second kappa shape index (κ2) is 5.17. The molecule has 1 saturated heterocycles. The van der Waals surface area contributed by atoms with E-state index in [0.29, 0.717) is 6.10 Å². The summed E-state index contributed by atoms with van der Waals surface area (Å²) in [5.74, 6) is 0. The Bertz CT molecular complexity index is 288. The van der Waals surface area contributed by atoms with Gasteiger partial charge in [-0.1, -0.05) is 19.1 Å². The maximum Gasteiger partial charge on any atom is 0.0748 e. The fourth-order valence-electron chi connectivity index (χ4n) is 1.90. The number of ether oxygens (including phenoxy) is 1. The molecule has 0 spiro atoms. The molecule has 0 amide bonds. The molecule has 82 valence electrons. The van der Waals surface area contributed by atoms with Gasteiger partial charge in [-0.15, -0.1) is 0 Å². The molecule has 1 N–H and O–H groups in total. The molecule has 1 aliphatic rings. The highest BCUT2D eigenvalue weighted by molar-refractivity contribution is 5.44. The van der Waals surface area contributed by atoms with Gasteiger partial charge in [-0.25, -0.2) is 0 Å². The number of aryl methyl sites for hydroxylation is 1. The van der Waals surface area contributed by atoms with E-state index < -0.39 is 0 Å². The fraction of sp³-hybridized carbons (Fsp3) is 0.538. The Morgan fingerprint density at radius 3 is 2.73 bits per heavy atom. The minimum absolute atomic E-state index is 0.413. The number of hydrogen-bond donors (Lipinski definition) is 1. The molecule has 1 heterocycles. The van der Waals surface area contributed by atoms with Gasteiger partial charge in [0.05, 0.1) is 6.10 Å². The van der Waals surface area contributed by atoms with Gasteiger partial charge in [0.25, 0.3) is 0 Å². The van der Waals surface area contributed by atoms with Crippen molar-refractivity contribution >= 4 is 5.69 Å². The van der Waals surface area contributed by atoms with Crippen LogP contribution in [0.4, 0.5) is 5.69 Å². The molecule has 1 aromatic rings. The largest absolute Gasteiger partial charge is 0.382 e. The van der Waals surface area contributed by atoms with E-state index in [1.165, 1.54) is 24.1 Å². The first kappa shape index (κ1) is 10.5. The Kier molecular flexibility index (Phi) is 3.62. The third kappa shape index (κ3) is 2.96. The van der Waals surface area contributed by atoms with Crippen LogP contribution in [0, 0.1) is 0 Å². The maximum atomic E-state index is 5.56. The van der Waals surface area contributed by atoms with Gasteiger partial charge in [0.2, 0.25) is 0 Å². The van der Waals surface area contributed by atoms with Crippen molar-refractivity contribution in [3.05, 3.63) is 29.8 Å². The lowest BCUT2D eigenvalue weighted by molar-refractivity contribution is 0.120. The van der Waals surface area contributed by atoms with Gasteiger partial charge in [-0.05, 0) is 37.0 Å². The van der Waals surface area contributed by atoms with Gasteiger partial charge in [-0.3, -0.25) is 0 Å². The number of anilines is 1. The molecule has 0 saturated carbocycles. The Balaban J connectivity index is 1.82. The van der Waals surface area contributed by atoms with Crippen molar-refractivity contribution in [1.29, 1.82) is 0 Å². The van der Waals surface area contributed by atoms with Crippen molar-refractivity contribution in [3.8, 4) is 0 Å². The summed E-state index contributed by atoms with van der Waals surface area (Å²) in [4.78, 5) is 0. The molecule has 2 heteroatoms. The summed E-state index contributed by atoms with van der Waals surface area (Å²) in [6.45, 7) is 4.04. The van der Waals surface area contributed by atoms with Gasteiger partial charge >= 0.3 is 0 Å². The van der Waals surface area contributed by atoms with Crippen molar-refractivity contribution in [3.63, 3.8) is 0 Å². The highest BCUT2D eigenvalue weighted by atomic mass is 16.5. The normalized spacial score (nSPS) is 20.5. The van der Waals surface area contributed by atoms with Gasteiger partial charge in [0, 0.05) is 18.8 Å². The van der Waals surface area contributed by atoms with Gasteiger partial charge in [0.15, 0.2) is 0 Å². The molecule has 2 rings (SSSR count). The minimum atomic E-state index is 0.413. The average Bonchev–Trinajstić information content (AvgIpc) is 2.80. The molecule has 0 radical (unpaired) electrons. The first-order valence-corrected chi connectivity index (χ1v) is 5.83. The van der Waals surface area contributed by atoms with Crippen molar-refractivity contribution in [2.24, 2.45) is 0 Å². The van der Waals surface area contributed by atoms with Gasteiger partial charge < -0.3 is 10.1 Å². The summed E-state index contributed by atoms with van der Waals surface area (Å²) in [6.07, 6.45) is 3.92. The summed E-state index contributed by atoms with van der Waals surface area (Å²) < 4.78 is 5.56. The quantitative estimate of drug-likeness (QED) is 0.816. The SMILES string of the molecule is CCc1ccc(NC[C@@H]2CCCO2)cc1. The molecule has 1 fully saturated rings. The first-order valence-electron chi connectivity index (χ1n) is 5.83. The highest BCUT2D eigenvalue weighted by Gasteiger charge is 2.14. The van der Waals surface area contributed by atoms with Crippen LogP contribution >= 0.6 is 0 Å². The summed E-state index contributed by atoms with van der Waals surface area (Å²) >= 11 is 0.